The SMILES string of the molecule is C[N+]1(CCNc2nn3ccccc3c2N)CCCC1. The molecule has 3 heterocycles. The van der Waals surface area contributed by atoms with Crippen molar-refractivity contribution < 1.29 is 4.48 Å². The molecular formula is C14H22N5+. The van der Waals surface area contributed by atoms with Gasteiger partial charge in [0.2, 0.25) is 0 Å². The van der Waals surface area contributed by atoms with E-state index >= 15 is 0 Å². The van der Waals surface area contributed by atoms with E-state index in [-0.39, 0.29) is 0 Å². The van der Waals surface area contributed by atoms with Crippen LogP contribution in [0.4, 0.5) is 11.5 Å². The van der Waals surface area contributed by atoms with Crippen LogP contribution in [-0.4, -0.2) is 47.3 Å². The van der Waals surface area contributed by atoms with Gasteiger partial charge in [-0.25, -0.2) is 4.52 Å². The summed E-state index contributed by atoms with van der Waals surface area (Å²) >= 11 is 0. The van der Waals surface area contributed by atoms with Crippen molar-refractivity contribution in [2.24, 2.45) is 0 Å². The summed E-state index contributed by atoms with van der Waals surface area (Å²) < 4.78 is 2.99. The van der Waals surface area contributed by atoms with E-state index in [1.807, 2.05) is 28.9 Å². The van der Waals surface area contributed by atoms with Gasteiger partial charge in [-0.3, -0.25) is 0 Å². The maximum Gasteiger partial charge on any atom is 0.172 e. The van der Waals surface area contributed by atoms with E-state index in [9.17, 15) is 0 Å². The van der Waals surface area contributed by atoms with E-state index in [0.717, 1.165) is 30.1 Å². The van der Waals surface area contributed by atoms with Crippen LogP contribution in [0, 0.1) is 0 Å². The highest BCUT2D eigenvalue weighted by atomic mass is 15.4. The minimum atomic E-state index is 0.740. The molecule has 2 aromatic heterocycles. The molecule has 2 aromatic rings. The molecule has 0 aliphatic carbocycles. The molecule has 19 heavy (non-hydrogen) atoms. The number of likely N-dealkylation sites (tertiary alicyclic amines) is 1. The number of nitrogen functional groups attached to an aromatic ring is 1. The third kappa shape index (κ3) is 2.38. The van der Waals surface area contributed by atoms with Crippen molar-refractivity contribution in [1.29, 1.82) is 0 Å². The van der Waals surface area contributed by atoms with Crippen molar-refractivity contribution in [2.45, 2.75) is 12.8 Å². The van der Waals surface area contributed by atoms with Crippen LogP contribution in [-0.2, 0) is 0 Å². The predicted molar refractivity (Wildman–Crippen MR) is 78.1 cm³/mol. The predicted octanol–water partition coefficient (Wildman–Crippen LogP) is 1.57. The summed E-state index contributed by atoms with van der Waals surface area (Å²) in [6, 6.07) is 5.93. The van der Waals surface area contributed by atoms with Crippen molar-refractivity contribution in [3.63, 3.8) is 0 Å². The smallest absolute Gasteiger partial charge is 0.172 e. The minimum absolute atomic E-state index is 0.740. The van der Waals surface area contributed by atoms with Gasteiger partial charge in [0.25, 0.3) is 0 Å². The highest BCUT2D eigenvalue weighted by Crippen LogP contribution is 2.22. The lowest BCUT2D eigenvalue weighted by atomic mass is 10.3. The number of fused-ring (bicyclic) bond motifs is 1. The number of aromatic nitrogens is 2. The van der Waals surface area contributed by atoms with E-state index in [0.29, 0.717) is 0 Å². The van der Waals surface area contributed by atoms with E-state index in [1.54, 1.807) is 0 Å². The number of nitrogens with two attached hydrogens (primary N) is 1. The number of likely N-dealkylation sites (N-methyl/N-ethyl adjacent to an activating group) is 1. The van der Waals surface area contributed by atoms with Gasteiger partial charge in [-0.15, -0.1) is 5.10 Å². The van der Waals surface area contributed by atoms with Gasteiger partial charge in [-0.1, -0.05) is 6.07 Å². The Labute approximate surface area is 113 Å². The van der Waals surface area contributed by atoms with Crippen LogP contribution in [0.2, 0.25) is 0 Å². The maximum atomic E-state index is 6.12. The molecule has 5 nitrogen and oxygen atoms in total. The van der Waals surface area contributed by atoms with Crippen LogP contribution in [0.15, 0.2) is 24.4 Å². The Kier molecular flexibility index (Phi) is 3.06. The summed E-state index contributed by atoms with van der Waals surface area (Å²) in [5.74, 6) is 0.803. The van der Waals surface area contributed by atoms with E-state index in [1.165, 1.54) is 30.4 Å². The van der Waals surface area contributed by atoms with Crippen molar-refractivity contribution in [1.82, 2.24) is 9.61 Å². The molecule has 0 bridgehead atoms. The van der Waals surface area contributed by atoms with Crippen LogP contribution in [0.1, 0.15) is 12.8 Å². The molecule has 3 rings (SSSR count). The Morgan fingerprint density at radius 3 is 2.89 bits per heavy atom. The first-order valence-electron chi connectivity index (χ1n) is 6.98. The summed E-state index contributed by atoms with van der Waals surface area (Å²) in [6.07, 6.45) is 4.63. The van der Waals surface area contributed by atoms with Gasteiger partial charge >= 0.3 is 0 Å². The Morgan fingerprint density at radius 1 is 1.37 bits per heavy atom. The number of anilines is 2. The average Bonchev–Trinajstić information content (AvgIpc) is 2.96. The van der Waals surface area contributed by atoms with Crippen molar-refractivity contribution in [3.05, 3.63) is 24.4 Å². The highest BCUT2D eigenvalue weighted by molar-refractivity contribution is 5.80. The van der Waals surface area contributed by atoms with Gasteiger partial charge in [0.05, 0.1) is 38.7 Å². The lowest BCUT2D eigenvalue weighted by molar-refractivity contribution is -0.895. The van der Waals surface area contributed by atoms with Crippen LogP contribution >= 0.6 is 0 Å². The second kappa shape index (κ2) is 4.74. The van der Waals surface area contributed by atoms with Crippen molar-refractivity contribution >= 4 is 17.0 Å². The largest absolute Gasteiger partial charge is 0.394 e. The van der Waals surface area contributed by atoms with Crippen LogP contribution in [0.5, 0.6) is 0 Å². The molecule has 1 aliphatic rings. The quantitative estimate of drug-likeness (QED) is 0.820. The first kappa shape index (κ1) is 12.3. The Bertz CT molecular complexity index is 568. The summed E-state index contributed by atoms with van der Waals surface area (Å²) in [5, 5.41) is 7.85. The van der Waals surface area contributed by atoms with Crippen LogP contribution in [0.3, 0.4) is 0 Å². The number of rotatable bonds is 4. The fourth-order valence-corrected chi connectivity index (χ4v) is 2.92. The summed E-state index contributed by atoms with van der Waals surface area (Å²) in [6.45, 7) is 4.64. The summed E-state index contributed by atoms with van der Waals surface area (Å²) in [7, 11) is 2.34. The lowest BCUT2D eigenvalue weighted by Crippen LogP contribution is -2.44. The standard InChI is InChI=1S/C14H22N5/c1-19(9-4-5-10-19)11-7-16-14-13(15)12-6-2-3-8-18(12)17-14/h2-3,6,8H,4-5,7,9-11,15H2,1H3,(H,16,17)/q+1. The first-order chi connectivity index (χ1) is 9.18. The number of hydrogen-bond acceptors (Lipinski definition) is 3. The van der Waals surface area contributed by atoms with Gasteiger partial charge in [0.1, 0.15) is 5.69 Å². The molecule has 3 N–H and O–H groups in total. The van der Waals surface area contributed by atoms with E-state index < -0.39 is 0 Å². The molecule has 0 aromatic carbocycles. The minimum Gasteiger partial charge on any atom is -0.394 e. The number of hydrogen-bond donors (Lipinski definition) is 2. The number of nitrogens with zero attached hydrogens (tertiary/aromatic N) is 3. The van der Waals surface area contributed by atoms with Crippen LogP contribution in [0.25, 0.3) is 5.52 Å². The molecule has 1 saturated heterocycles. The molecule has 0 amide bonds. The molecule has 1 aliphatic heterocycles. The monoisotopic (exact) mass is 260 g/mol. The molecular weight excluding hydrogens is 238 g/mol. The zero-order chi connectivity index (χ0) is 13.3. The molecule has 0 spiro atoms. The normalized spacial score (nSPS) is 17.9. The van der Waals surface area contributed by atoms with Crippen LogP contribution < -0.4 is 11.1 Å². The fourth-order valence-electron chi connectivity index (χ4n) is 2.92. The van der Waals surface area contributed by atoms with Gasteiger partial charge < -0.3 is 15.5 Å². The number of pyridine rings is 1. The molecule has 0 unspecified atom stereocenters. The van der Waals surface area contributed by atoms with E-state index in [4.69, 9.17) is 5.73 Å². The molecule has 0 atom stereocenters. The summed E-state index contributed by atoms with van der Waals surface area (Å²) in [4.78, 5) is 0. The van der Waals surface area contributed by atoms with Gasteiger partial charge in [0.15, 0.2) is 5.82 Å². The third-order valence-corrected chi connectivity index (χ3v) is 4.17. The zero-order valence-corrected chi connectivity index (χ0v) is 11.5. The topological polar surface area (TPSA) is 55.4 Å². The molecule has 1 fully saturated rings. The Balaban J connectivity index is 1.67. The maximum absolute atomic E-state index is 6.12. The lowest BCUT2D eigenvalue weighted by Gasteiger charge is -2.29. The summed E-state index contributed by atoms with van der Waals surface area (Å²) in [5.41, 5.74) is 7.82. The highest BCUT2D eigenvalue weighted by Gasteiger charge is 2.26. The first-order valence-corrected chi connectivity index (χ1v) is 6.98. The zero-order valence-electron chi connectivity index (χ0n) is 11.5. The van der Waals surface area contributed by atoms with Gasteiger partial charge in [-0.05, 0) is 12.1 Å². The molecule has 0 radical (unpaired) electrons. The second-order valence-electron chi connectivity index (χ2n) is 5.72. The Morgan fingerprint density at radius 2 is 2.16 bits per heavy atom. The number of nitrogens with one attached hydrogen (secondary N) is 1. The third-order valence-electron chi connectivity index (χ3n) is 4.17. The molecule has 0 saturated carbocycles. The average molecular weight is 260 g/mol. The van der Waals surface area contributed by atoms with Gasteiger partial charge in [0, 0.05) is 19.0 Å². The van der Waals surface area contributed by atoms with Crippen molar-refractivity contribution in [3.8, 4) is 0 Å². The second-order valence-corrected chi connectivity index (χ2v) is 5.72. The number of quaternary nitrogens is 1. The van der Waals surface area contributed by atoms with Crippen molar-refractivity contribution in [2.75, 3.05) is 44.3 Å². The fraction of sp³-hybridized carbons (Fsp3) is 0.500. The van der Waals surface area contributed by atoms with E-state index in [2.05, 4.69) is 17.5 Å². The Hall–Kier alpha value is -1.75. The van der Waals surface area contributed by atoms with Gasteiger partial charge in [-0.2, -0.15) is 0 Å². The molecule has 5 heteroatoms. The molecule has 102 valence electrons.